The topological polar surface area (TPSA) is 161 Å². The molecule has 6 aliphatic rings. The van der Waals surface area contributed by atoms with E-state index in [9.17, 15) is 24.9 Å². The quantitative estimate of drug-likeness (QED) is 0.122. The number of rotatable bonds is 7. The summed E-state index contributed by atoms with van der Waals surface area (Å²) < 4.78 is 31.5. The number of unbranched alkanes of at least 4 members (excludes halogenated alkanes) is 1. The lowest BCUT2D eigenvalue weighted by atomic mass is 9.85. The highest BCUT2D eigenvalue weighted by Gasteiger charge is 2.45. The Hall–Kier alpha value is -3.42. The van der Waals surface area contributed by atoms with Crippen LogP contribution in [0.1, 0.15) is 91.9 Å². The van der Waals surface area contributed by atoms with Crippen molar-refractivity contribution < 1.29 is 53.7 Å². The third kappa shape index (κ3) is 13.6. The van der Waals surface area contributed by atoms with Gasteiger partial charge in [-0.05, 0) is 63.0 Å². The molecule has 11 heteroatoms. The Bertz CT molecular complexity index is 1570. The van der Waals surface area contributed by atoms with Crippen molar-refractivity contribution in [2.75, 3.05) is 0 Å². The van der Waals surface area contributed by atoms with Crippen LogP contribution < -0.4 is 0 Å². The molecular formula is C47H66O11. The van der Waals surface area contributed by atoms with Gasteiger partial charge in [0.1, 0.15) is 24.4 Å². The fourth-order valence-corrected chi connectivity index (χ4v) is 8.38. The average molecular weight is 807 g/mol. The van der Waals surface area contributed by atoms with Gasteiger partial charge in [0, 0.05) is 37.2 Å². The number of aliphatic carboxylic acids is 1. The molecule has 0 spiro atoms. The third-order valence-electron chi connectivity index (χ3n) is 12.0. The lowest BCUT2D eigenvalue weighted by Crippen LogP contribution is -2.50. The zero-order valence-corrected chi connectivity index (χ0v) is 34.5. The molecule has 320 valence electrons. The minimum atomic E-state index is -1.18. The van der Waals surface area contributed by atoms with Crippen molar-refractivity contribution in [1.82, 2.24) is 0 Å². The molecule has 6 aliphatic heterocycles. The van der Waals surface area contributed by atoms with Crippen molar-refractivity contribution in [3.05, 3.63) is 96.7 Å². The zero-order chi connectivity index (χ0) is 41.6. The maximum atomic E-state index is 13.0. The number of carboxylic acid groups (broad SMARTS) is 1. The van der Waals surface area contributed by atoms with E-state index in [-0.39, 0.29) is 67.2 Å². The van der Waals surface area contributed by atoms with Crippen LogP contribution in [-0.2, 0) is 33.3 Å². The SMILES string of the molecule is C/C(=C\[C@H](C)CCCCC(=O)O)[C@@H]1O[C@@H]2C=C[C@@H]1OC(=O)\C=C/C=C\C=C\[C@@H]1O[C@@H]3C[C@H]1O[C@@H](/C=C/C[C@H]1O[C@H](C[C@H](O)[C@H]1C)[C@@H](O)[C@@H](O)/C=C/CC/C=C/C2)[C@@H]3C. The molecule has 4 N–H and O–H groups in total. The van der Waals surface area contributed by atoms with Crippen molar-refractivity contribution >= 4 is 11.9 Å². The summed E-state index contributed by atoms with van der Waals surface area (Å²) in [4.78, 5) is 23.9. The van der Waals surface area contributed by atoms with Gasteiger partial charge >= 0.3 is 11.9 Å². The summed E-state index contributed by atoms with van der Waals surface area (Å²) in [6.07, 6.45) is 28.3. The molecule has 3 saturated heterocycles. The number of hydrogen-bond acceptors (Lipinski definition) is 10. The largest absolute Gasteiger partial charge is 0.481 e. The van der Waals surface area contributed by atoms with Crippen LogP contribution in [0, 0.1) is 17.8 Å². The van der Waals surface area contributed by atoms with Gasteiger partial charge in [-0.2, -0.15) is 0 Å². The second kappa shape index (κ2) is 22.8. The standard InChI is InChI=1S/C47H66O11/c1-30(17-14-15-23-44(50)51)27-31(2)47-40-26-25-34(54-47)18-10-6-5-7-11-19-35(48)46(53)43-28-36(49)32(3)37(56-43)21-16-22-38-33(4)41-29-42(55-38)39(57-41)20-12-8-9-13-24-45(52)58-40/h6,8-13,16,19-20,22,24-27,30,32-43,46-49,53H,5,7,14-15,17-18,21,23,28-29H2,1-4H3,(H,50,51)/b9-8-,10-6+,19-11+,20-12+,22-16+,24-13-,31-27+/t30-,32-,33+,34+,35+,36+,37-,38+,39+,40+,41-,42-,43-,46+,47+/m1/s1. The molecule has 6 rings (SSSR count). The van der Waals surface area contributed by atoms with Crippen molar-refractivity contribution in [3.63, 3.8) is 0 Å². The Morgan fingerprint density at radius 2 is 1.53 bits per heavy atom. The van der Waals surface area contributed by atoms with Crippen LogP contribution >= 0.6 is 0 Å². The molecule has 3 fully saturated rings. The van der Waals surface area contributed by atoms with E-state index in [1.165, 1.54) is 6.08 Å². The first-order chi connectivity index (χ1) is 27.9. The number of allylic oxidation sites excluding steroid dienone is 7. The monoisotopic (exact) mass is 806 g/mol. The van der Waals surface area contributed by atoms with E-state index in [0.29, 0.717) is 25.7 Å². The highest BCUT2D eigenvalue weighted by Crippen LogP contribution is 2.38. The Morgan fingerprint density at radius 3 is 2.34 bits per heavy atom. The molecular weight excluding hydrogens is 741 g/mol. The summed E-state index contributed by atoms with van der Waals surface area (Å²) in [6.45, 7) is 8.15. The average Bonchev–Trinajstić information content (AvgIpc) is 3.54. The van der Waals surface area contributed by atoms with Crippen LogP contribution in [0.5, 0.6) is 0 Å². The minimum Gasteiger partial charge on any atom is -0.481 e. The van der Waals surface area contributed by atoms with E-state index in [0.717, 1.165) is 31.3 Å². The number of fused-ring (bicyclic) bond motifs is 13. The van der Waals surface area contributed by atoms with E-state index in [1.54, 1.807) is 18.2 Å². The molecule has 0 aromatic rings. The molecule has 0 saturated carbocycles. The van der Waals surface area contributed by atoms with Crippen LogP contribution in [0.3, 0.4) is 0 Å². The number of ether oxygens (including phenoxy) is 5. The van der Waals surface area contributed by atoms with E-state index >= 15 is 0 Å². The van der Waals surface area contributed by atoms with Crippen molar-refractivity contribution in [1.29, 1.82) is 0 Å². The first-order valence-corrected chi connectivity index (χ1v) is 21.3. The van der Waals surface area contributed by atoms with Gasteiger partial charge in [-0.3, -0.25) is 4.79 Å². The fraction of sp³-hybridized carbons (Fsp3) is 0.617. The maximum absolute atomic E-state index is 13.0. The predicted molar refractivity (Wildman–Crippen MR) is 222 cm³/mol. The molecule has 0 aliphatic carbocycles. The van der Waals surface area contributed by atoms with Gasteiger partial charge in [-0.1, -0.05) is 106 Å². The third-order valence-corrected chi connectivity index (χ3v) is 12.0. The number of aliphatic hydroxyl groups excluding tert-OH is 3. The molecule has 58 heavy (non-hydrogen) atoms. The number of esters is 1. The van der Waals surface area contributed by atoms with Gasteiger partial charge in [-0.15, -0.1) is 0 Å². The van der Waals surface area contributed by atoms with Crippen LogP contribution in [-0.4, -0.2) is 106 Å². The summed E-state index contributed by atoms with van der Waals surface area (Å²) in [5, 5.41) is 41.7. The van der Waals surface area contributed by atoms with Crippen molar-refractivity contribution in [2.24, 2.45) is 17.8 Å². The van der Waals surface area contributed by atoms with Gasteiger partial charge in [0.15, 0.2) is 6.10 Å². The van der Waals surface area contributed by atoms with Crippen LogP contribution in [0.4, 0.5) is 0 Å². The number of carbonyl (C=O) groups excluding carboxylic acids is 1. The number of carboxylic acids is 1. The molecule has 7 bridgehead atoms. The molecule has 0 unspecified atom stereocenters. The van der Waals surface area contributed by atoms with Gasteiger partial charge in [0.25, 0.3) is 0 Å². The Balaban J connectivity index is 1.29. The lowest BCUT2D eigenvalue weighted by Gasteiger charge is -2.40. The molecule has 11 nitrogen and oxygen atoms in total. The summed E-state index contributed by atoms with van der Waals surface area (Å²) in [7, 11) is 0. The van der Waals surface area contributed by atoms with Crippen LogP contribution in [0.2, 0.25) is 0 Å². The highest BCUT2D eigenvalue weighted by atomic mass is 16.6. The van der Waals surface area contributed by atoms with Gasteiger partial charge in [-0.25, -0.2) is 4.79 Å². The Labute approximate surface area is 344 Å². The lowest BCUT2D eigenvalue weighted by molar-refractivity contribution is -0.175. The molecule has 15 atom stereocenters. The molecule has 0 amide bonds. The van der Waals surface area contributed by atoms with E-state index in [2.05, 4.69) is 32.1 Å². The number of carbonyl (C=O) groups is 2. The van der Waals surface area contributed by atoms with Gasteiger partial charge in [0.2, 0.25) is 0 Å². The van der Waals surface area contributed by atoms with Gasteiger partial charge in [0.05, 0.1) is 42.7 Å². The fourth-order valence-electron chi connectivity index (χ4n) is 8.38. The van der Waals surface area contributed by atoms with Gasteiger partial charge < -0.3 is 44.1 Å². The summed E-state index contributed by atoms with van der Waals surface area (Å²) in [5.74, 6) is -1.09. The number of hydrogen-bond donors (Lipinski definition) is 4. The van der Waals surface area contributed by atoms with Crippen molar-refractivity contribution in [2.45, 2.75) is 165 Å². The first-order valence-electron chi connectivity index (χ1n) is 21.3. The normalized spacial score (nSPS) is 41.7. The minimum absolute atomic E-state index is 0.0508. The summed E-state index contributed by atoms with van der Waals surface area (Å²) >= 11 is 0. The van der Waals surface area contributed by atoms with E-state index in [1.807, 2.05) is 62.5 Å². The van der Waals surface area contributed by atoms with Crippen molar-refractivity contribution in [3.8, 4) is 0 Å². The summed E-state index contributed by atoms with van der Waals surface area (Å²) in [6, 6.07) is 0. The van der Waals surface area contributed by atoms with Crippen LogP contribution in [0.25, 0.3) is 0 Å². The second-order valence-electron chi connectivity index (χ2n) is 16.6. The molecule has 0 aromatic carbocycles. The molecule has 0 aromatic heterocycles. The Morgan fingerprint density at radius 1 is 0.759 bits per heavy atom. The predicted octanol–water partition coefficient (Wildman–Crippen LogP) is 6.80. The highest BCUT2D eigenvalue weighted by molar-refractivity contribution is 5.82. The molecule has 6 heterocycles. The van der Waals surface area contributed by atoms with Crippen LogP contribution in [0.15, 0.2) is 96.7 Å². The number of aliphatic hydroxyl groups is 3. The smallest absolute Gasteiger partial charge is 0.331 e. The molecule has 0 radical (unpaired) electrons. The van der Waals surface area contributed by atoms with E-state index in [4.69, 9.17) is 28.8 Å². The van der Waals surface area contributed by atoms with E-state index < -0.39 is 48.6 Å². The first kappa shape index (κ1) is 45.7. The Kier molecular flexibility index (Phi) is 18.0. The summed E-state index contributed by atoms with van der Waals surface area (Å²) in [5.41, 5.74) is 0.945. The zero-order valence-electron chi connectivity index (χ0n) is 34.5. The maximum Gasteiger partial charge on any atom is 0.331 e. The second-order valence-corrected chi connectivity index (χ2v) is 16.6.